The number of para-hydroxylation sites is 1. The Bertz CT molecular complexity index is 382. The zero-order valence-electron chi connectivity index (χ0n) is 7.07. The summed E-state index contributed by atoms with van der Waals surface area (Å²) in [6.45, 7) is 0.945. The number of rotatable bonds is 2. The van der Waals surface area contributed by atoms with Gasteiger partial charge in [0.05, 0.1) is 5.52 Å². The van der Waals surface area contributed by atoms with Crippen molar-refractivity contribution < 1.29 is 0 Å². The highest BCUT2D eigenvalue weighted by atomic mass is 15.4. The van der Waals surface area contributed by atoms with Crippen molar-refractivity contribution in [2.24, 2.45) is 0 Å². The first-order chi connectivity index (χ1) is 5.92. The molecule has 4 heteroatoms. The second-order valence-electron chi connectivity index (χ2n) is 2.80. The molecule has 0 atom stereocenters. The third-order valence-electron chi connectivity index (χ3n) is 1.86. The van der Waals surface area contributed by atoms with Gasteiger partial charge in [0.1, 0.15) is 13.4 Å². The van der Waals surface area contributed by atoms with Crippen molar-refractivity contribution in [3.63, 3.8) is 0 Å². The van der Waals surface area contributed by atoms with Crippen molar-refractivity contribution in [1.82, 2.24) is 15.0 Å². The van der Waals surface area contributed by atoms with Gasteiger partial charge in [0, 0.05) is 6.54 Å². The van der Waals surface area contributed by atoms with E-state index in [4.69, 9.17) is 0 Å². The predicted octanol–water partition coefficient (Wildman–Crippen LogP) is 0.483. The zero-order valence-corrected chi connectivity index (χ0v) is 7.07. The Morgan fingerprint density at radius 1 is 1.33 bits per heavy atom. The summed E-state index contributed by atoms with van der Waals surface area (Å²) >= 11 is 0. The topological polar surface area (TPSA) is 30.7 Å². The minimum atomic E-state index is 0.945. The molecule has 0 N–H and O–H groups in total. The second-order valence-corrected chi connectivity index (χ2v) is 2.80. The summed E-state index contributed by atoms with van der Waals surface area (Å²) in [7, 11) is 2.14. The van der Waals surface area contributed by atoms with Crippen LogP contribution >= 0.6 is 0 Å². The number of aryl methyl sites for hydroxylation is 1. The van der Waals surface area contributed by atoms with Gasteiger partial charge < -0.3 is 0 Å². The summed E-state index contributed by atoms with van der Waals surface area (Å²) < 4.78 is 1.94. The number of hydrogen-bond donors (Lipinski definition) is 0. The van der Waals surface area contributed by atoms with Crippen molar-refractivity contribution in [1.29, 1.82) is 0 Å². The highest BCUT2D eigenvalue weighted by Gasteiger charge is 2.00. The third-order valence-corrected chi connectivity index (χ3v) is 1.86. The lowest BCUT2D eigenvalue weighted by Crippen LogP contribution is -1.98. The van der Waals surface area contributed by atoms with Crippen LogP contribution in [-0.4, -0.2) is 22.8 Å². The van der Waals surface area contributed by atoms with E-state index >= 15 is 0 Å². The van der Waals surface area contributed by atoms with Gasteiger partial charge in [-0.15, -0.1) is 5.10 Å². The van der Waals surface area contributed by atoms with E-state index in [-0.39, 0.29) is 0 Å². The average Bonchev–Trinajstić information content (AvgIpc) is 2.50. The Labute approximate surface area is 71.8 Å². The fourth-order valence-corrected chi connectivity index (χ4v) is 1.29. The lowest BCUT2D eigenvalue weighted by molar-refractivity contribution is 0.646. The van der Waals surface area contributed by atoms with E-state index in [0.717, 1.165) is 23.9 Å². The zero-order chi connectivity index (χ0) is 8.39. The number of nitrogens with zero attached hydrogens (tertiary/aromatic N) is 3. The van der Waals surface area contributed by atoms with Gasteiger partial charge in [-0.2, -0.15) is 0 Å². The van der Waals surface area contributed by atoms with Gasteiger partial charge in [-0.05, 0) is 12.1 Å². The molecule has 0 aliphatic carbocycles. The number of benzene rings is 1. The molecule has 0 aliphatic rings. The Morgan fingerprint density at radius 3 is 3.00 bits per heavy atom. The highest BCUT2D eigenvalue weighted by molar-refractivity contribution is 6.08. The number of aromatic nitrogens is 3. The van der Waals surface area contributed by atoms with Crippen molar-refractivity contribution in [2.45, 2.75) is 12.9 Å². The molecular formula is C8H10BN3. The lowest BCUT2D eigenvalue weighted by Gasteiger charge is -1.96. The molecule has 0 amide bonds. The van der Waals surface area contributed by atoms with Crippen LogP contribution in [0, 0.1) is 0 Å². The van der Waals surface area contributed by atoms with Gasteiger partial charge in [0.25, 0.3) is 0 Å². The van der Waals surface area contributed by atoms with Gasteiger partial charge in [-0.25, -0.2) is 4.68 Å². The molecule has 0 aliphatic heterocycles. The molecule has 2 aromatic rings. The lowest BCUT2D eigenvalue weighted by atomic mass is 10.1. The molecule has 60 valence electrons. The van der Waals surface area contributed by atoms with Gasteiger partial charge in [0.2, 0.25) is 0 Å². The molecular weight excluding hydrogens is 149 g/mol. The van der Waals surface area contributed by atoms with Crippen LogP contribution in [0.25, 0.3) is 11.0 Å². The predicted molar refractivity (Wildman–Crippen MR) is 50.9 cm³/mol. The molecule has 0 saturated carbocycles. The summed E-state index contributed by atoms with van der Waals surface area (Å²) in [6.07, 6.45) is 1.09. The van der Waals surface area contributed by atoms with Crippen LogP contribution in [0.1, 0.15) is 0 Å². The summed E-state index contributed by atoms with van der Waals surface area (Å²) in [5, 5.41) is 8.10. The Morgan fingerprint density at radius 2 is 2.17 bits per heavy atom. The van der Waals surface area contributed by atoms with Crippen LogP contribution in [-0.2, 0) is 6.54 Å². The van der Waals surface area contributed by atoms with Crippen molar-refractivity contribution in [2.75, 3.05) is 0 Å². The summed E-state index contributed by atoms with van der Waals surface area (Å²) in [4.78, 5) is 0. The van der Waals surface area contributed by atoms with Gasteiger partial charge in [-0.1, -0.05) is 23.7 Å². The molecule has 3 nitrogen and oxygen atoms in total. The maximum Gasteiger partial charge on any atom is 0.113 e. The van der Waals surface area contributed by atoms with E-state index in [2.05, 4.69) is 18.2 Å². The van der Waals surface area contributed by atoms with Gasteiger partial charge in [-0.3, -0.25) is 0 Å². The largest absolute Gasteiger partial charge is 0.245 e. The van der Waals surface area contributed by atoms with Crippen molar-refractivity contribution >= 4 is 18.9 Å². The van der Waals surface area contributed by atoms with Crippen LogP contribution in [0.4, 0.5) is 0 Å². The molecule has 0 spiro atoms. The SMILES string of the molecule is BCCn1nnc2ccccc21. The van der Waals surface area contributed by atoms with E-state index in [1.165, 1.54) is 0 Å². The standard InChI is InChI=1S/C8H10BN3/c9-5-6-12-8-4-2-1-3-7(8)10-11-12/h1-4H,5-6,9H2. The van der Waals surface area contributed by atoms with Crippen molar-refractivity contribution in [3.8, 4) is 0 Å². The van der Waals surface area contributed by atoms with E-state index < -0.39 is 0 Å². The first kappa shape index (κ1) is 7.34. The molecule has 12 heavy (non-hydrogen) atoms. The van der Waals surface area contributed by atoms with E-state index in [0.29, 0.717) is 0 Å². The maximum atomic E-state index is 4.05. The molecule has 0 saturated heterocycles. The van der Waals surface area contributed by atoms with Crippen LogP contribution in [0.5, 0.6) is 0 Å². The number of hydrogen-bond acceptors (Lipinski definition) is 2. The fraction of sp³-hybridized carbons (Fsp3) is 0.250. The molecule has 1 aromatic carbocycles. The summed E-state index contributed by atoms with van der Waals surface area (Å²) in [5.74, 6) is 0. The number of fused-ring (bicyclic) bond motifs is 1. The summed E-state index contributed by atoms with van der Waals surface area (Å²) in [5.41, 5.74) is 2.10. The molecule has 0 unspecified atom stereocenters. The van der Waals surface area contributed by atoms with E-state index in [1.54, 1.807) is 0 Å². The first-order valence-corrected chi connectivity index (χ1v) is 4.20. The average molecular weight is 159 g/mol. The van der Waals surface area contributed by atoms with Crippen LogP contribution in [0.3, 0.4) is 0 Å². The second kappa shape index (κ2) is 2.97. The Balaban J connectivity index is 2.55. The molecule has 0 bridgehead atoms. The van der Waals surface area contributed by atoms with Crippen LogP contribution < -0.4 is 0 Å². The molecule has 1 heterocycles. The third kappa shape index (κ3) is 1.09. The highest BCUT2D eigenvalue weighted by Crippen LogP contribution is 2.09. The molecule has 0 radical (unpaired) electrons. The Hall–Kier alpha value is -1.32. The van der Waals surface area contributed by atoms with E-state index in [1.807, 2.05) is 28.9 Å². The molecule has 2 rings (SSSR count). The summed E-state index contributed by atoms with van der Waals surface area (Å²) in [6, 6.07) is 8.02. The minimum absolute atomic E-state index is 0.945. The Kier molecular flexibility index (Phi) is 1.82. The van der Waals surface area contributed by atoms with E-state index in [9.17, 15) is 0 Å². The maximum absolute atomic E-state index is 4.05. The van der Waals surface area contributed by atoms with Crippen LogP contribution in [0.15, 0.2) is 24.3 Å². The molecule has 0 fully saturated rings. The van der Waals surface area contributed by atoms with Gasteiger partial charge >= 0.3 is 0 Å². The minimum Gasteiger partial charge on any atom is -0.245 e. The molecule has 1 aromatic heterocycles. The first-order valence-electron chi connectivity index (χ1n) is 4.20. The van der Waals surface area contributed by atoms with Crippen LogP contribution in [0.2, 0.25) is 6.32 Å². The van der Waals surface area contributed by atoms with Gasteiger partial charge in [0.15, 0.2) is 0 Å². The monoisotopic (exact) mass is 159 g/mol. The normalized spacial score (nSPS) is 10.7. The quantitative estimate of drug-likeness (QED) is 0.596. The van der Waals surface area contributed by atoms with Crippen molar-refractivity contribution in [3.05, 3.63) is 24.3 Å². The fourth-order valence-electron chi connectivity index (χ4n) is 1.29. The smallest absolute Gasteiger partial charge is 0.113 e.